The lowest BCUT2D eigenvalue weighted by atomic mass is 10.1. The predicted octanol–water partition coefficient (Wildman–Crippen LogP) is 3.01. The Balaban J connectivity index is 1.52. The molecule has 0 amide bonds. The Morgan fingerprint density at radius 2 is 2.00 bits per heavy atom. The number of nitrogens with zero attached hydrogens (tertiary/aromatic N) is 3. The highest BCUT2D eigenvalue weighted by Gasteiger charge is 2.38. The molecule has 4 heteroatoms. The summed E-state index contributed by atoms with van der Waals surface area (Å²) in [5.41, 5.74) is 3.46. The molecule has 0 saturated heterocycles. The largest absolute Gasteiger partial charge is 0.350 e. The Bertz CT molecular complexity index is 748. The Hall–Kier alpha value is -2.36. The van der Waals surface area contributed by atoms with E-state index in [0.29, 0.717) is 12.0 Å². The molecule has 0 radical (unpaired) electrons. The molecule has 0 aliphatic heterocycles. The van der Waals surface area contributed by atoms with Gasteiger partial charge in [-0.25, -0.2) is 4.52 Å². The summed E-state index contributed by atoms with van der Waals surface area (Å²) >= 11 is 0. The van der Waals surface area contributed by atoms with Gasteiger partial charge in [0.05, 0.1) is 0 Å². The molecule has 2 unspecified atom stereocenters. The average molecular weight is 264 g/mol. The Kier molecular flexibility index (Phi) is 2.49. The van der Waals surface area contributed by atoms with Crippen molar-refractivity contribution in [1.29, 1.82) is 0 Å². The summed E-state index contributed by atoms with van der Waals surface area (Å²) < 4.78 is 1.83. The third-order valence-corrected chi connectivity index (χ3v) is 3.81. The fraction of sp³-hybridized carbons (Fsp3) is 0.250. The van der Waals surface area contributed by atoms with Gasteiger partial charge < -0.3 is 5.32 Å². The molecule has 1 aromatic carbocycles. The van der Waals surface area contributed by atoms with Crippen LogP contribution in [0.25, 0.3) is 5.65 Å². The van der Waals surface area contributed by atoms with Crippen LogP contribution in [0.5, 0.6) is 0 Å². The van der Waals surface area contributed by atoms with Crippen molar-refractivity contribution < 1.29 is 0 Å². The van der Waals surface area contributed by atoms with Gasteiger partial charge in [0.2, 0.25) is 5.95 Å². The lowest BCUT2D eigenvalue weighted by Gasteiger charge is -2.00. The van der Waals surface area contributed by atoms with Crippen LogP contribution in [0, 0.1) is 6.92 Å². The number of pyridine rings is 1. The number of aromatic nitrogens is 3. The van der Waals surface area contributed by atoms with E-state index in [0.717, 1.165) is 18.0 Å². The van der Waals surface area contributed by atoms with Gasteiger partial charge in [-0.1, -0.05) is 36.4 Å². The summed E-state index contributed by atoms with van der Waals surface area (Å²) in [4.78, 5) is 4.50. The fourth-order valence-electron chi connectivity index (χ4n) is 2.64. The molecule has 3 aromatic rings. The monoisotopic (exact) mass is 264 g/mol. The summed E-state index contributed by atoms with van der Waals surface area (Å²) in [6.07, 6.45) is 3.15. The van der Waals surface area contributed by atoms with Gasteiger partial charge in [0.25, 0.3) is 0 Å². The van der Waals surface area contributed by atoms with Crippen molar-refractivity contribution in [2.45, 2.75) is 25.3 Å². The SMILES string of the molecule is Cc1ccc2nc(NC3CC3c3ccccc3)nn2c1. The minimum Gasteiger partial charge on any atom is -0.350 e. The molecule has 0 spiro atoms. The molecule has 1 N–H and O–H groups in total. The first kappa shape index (κ1) is 11.5. The van der Waals surface area contributed by atoms with Crippen LogP contribution in [0.4, 0.5) is 5.95 Å². The number of hydrogen-bond donors (Lipinski definition) is 1. The lowest BCUT2D eigenvalue weighted by molar-refractivity contribution is 0.934. The van der Waals surface area contributed by atoms with Gasteiger partial charge in [-0.05, 0) is 30.5 Å². The lowest BCUT2D eigenvalue weighted by Crippen LogP contribution is -2.05. The van der Waals surface area contributed by atoms with Gasteiger partial charge in [-0.15, -0.1) is 5.10 Å². The van der Waals surface area contributed by atoms with E-state index in [1.807, 2.05) is 16.8 Å². The number of fused-ring (bicyclic) bond motifs is 1. The van der Waals surface area contributed by atoms with Crippen LogP contribution in [-0.2, 0) is 0 Å². The van der Waals surface area contributed by atoms with Crippen molar-refractivity contribution in [3.63, 3.8) is 0 Å². The molecule has 4 nitrogen and oxygen atoms in total. The van der Waals surface area contributed by atoms with E-state index < -0.39 is 0 Å². The third kappa shape index (κ3) is 2.03. The molecule has 1 aliphatic carbocycles. The van der Waals surface area contributed by atoms with E-state index in [-0.39, 0.29) is 0 Å². The van der Waals surface area contributed by atoms with Crippen LogP contribution in [0.15, 0.2) is 48.7 Å². The molecular formula is C16H16N4. The van der Waals surface area contributed by atoms with E-state index in [4.69, 9.17) is 0 Å². The van der Waals surface area contributed by atoms with Crippen LogP contribution in [0.2, 0.25) is 0 Å². The molecule has 2 atom stereocenters. The molecule has 4 rings (SSSR count). The Labute approximate surface area is 117 Å². The molecule has 1 aliphatic rings. The van der Waals surface area contributed by atoms with Crippen molar-refractivity contribution >= 4 is 11.6 Å². The molecule has 100 valence electrons. The van der Waals surface area contributed by atoms with Crippen molar-refractivity contribution in [2.24, 2.45) is 0 Å². The van der Waals surface area contributed by atoms with Crippen LogP contribution in [0.3, 0.4) is 0 Å². The second-order valence-corrected chi connectivity index (χ2v) is 5.45. The number of nitrogens with one attached hydrogen (secondary N) is 1. The zero-order valence-electron chi connectivity index (χ0n) is 11.3. The third-order valence-electron chi connectivity index (χ3n) is 3.81. The van der Waals surface area contributed by atoms with Gasteiger partial charge >= 0.3 is 0 Å². The van der Waals surface area contributed by atoms with Crippen molar-refractivity contribution in [3.05, 3.63) is 59.8 Å². The van der Waals surface area contributed by atoms with E-state index in [1.165, 1.54) is 11.1 Å². The van der Waals surface area contributed by atoms with Gasteiger partial charge in [-0.3, -0.25) is 0 Å². The number of hydrogen-bond acceptors (Lipinski definition) is 3. The average Bonchev–Trinajstić information content (AvgIpc) is 3.10. The first-order chi connectivity index (χ1) is 9.79. The summed E-state index contributed by atoms with van der Waals surface area (Å²) in [5.74, 6) is 1.31. The van der Waals surface area contributed by atoms with Crippen molar-refractivity contribution in [1.82, 2.24) is 14.6 Å². The first-order valence-corrected chi connectivity index (χ1v) is 6.94. The first-order valence-electron chi connectivity index (χ1n) is 6.94. The van der Waals surface area contributed by atoms with Gasteiger partial charge in [-0.2, -0.15) is 4.98 Å². The van der Waals surface area contributed by atoms with Crippen LogP contribution < -0.4 is 5.32 Å². The minimum atomic E-state index is 0.455. The van der Waals surface area contributed by atoms with Crippen molar-refractivity contribution in [2.75, 3.05) is 5.32 Å². The maximum absolute atomic E-state index is 4.50. The molecule has 20 heavy (non-hydrogen) atoms. The highest BCUT2D eigenvalue weighted by molar-refractivity contribution is 5.46. The standard InChI is InChI=1S/C16H16N4/c1-11-7-8-15-18-16(19-20(15)10-11)17-14-9-13(14)12-5-3-2-4-6-12/h2-8,10,13-14H,9H2,1H3,(H,17,19). The molecule has 0 bridgehead atoms. The van der Waals surface area contributed by atoms with E-state index >= 15 is 0 Å². The van der Waals surface area contributed by atoms with E-state index in [2.05, 4.69) is 58.7 Å². The highest BCUT2D eigenvalue weighted by Crippen LogP contribution is 2.42. The molecular weight excluding hydrogens is 248 g/mol. The topological polar surface area (TPSA) is 42.2 Å². The van der Waals surface area contributed by atoms with E-state index in [9.17, 15) is 0 Å². The Morgan fingerprint density at radius 1 is 1.15 bits per heavy atom. The summed E-state index contributed by atoms with van der Waals surface area (Å²) in [7, 11) is 0. The number of benzene rings is 1. The van der Waals surface area contributed by atoms with Crippen LogP contribution in [-0.4, -0.2) is 20.6 Å². The maximum Gasteiger partial charge on any atom is 0.243 e. The second-order valence-electron chi connectivity index (χ2n) is 5.45. The van der Waals surface area contributed by atoms with Crippen LogP contribution in [0.1, 0.15) is 23.5 Å². The van der Waals surface area contributed by atoms with Crippen molar-refractivity contribution in [3.8, 4) is 0 Å². The highest BCUT2D eigenvalue weighted by atomic mass is 15.4. The molecule has 1 saturated carbocycles. The number of rotatable bonds is 3. The van der Waals surface area contributed by atoms with E-state index in [1.54, 1.807) is 0 Å². The van der Waals surface area contributed by atoms with Gasteiger partial charge in [0.15, 0.2) is 5.65 Å². The minimum absolute atomic E-state index is 0.455. The summed E-state index contributed by atoms with van der Waals surface area (Å²) in [6.45, 7) is 2.06. The van der Waals surface area contributed by atoms with Crippen LogP contribution >= 0.6 is 0 Å². The fourth-order valence-corrected chi connectivity index (χ4v) is 2.64. The quantitative estimate of drug-likeness (QED) is 0.790. The Morgan fingerprint density at radius 3 is 2.85 bits per heavy atom. The molecule has 2 heterocycles. The van der Waals surface area contributed by atoms with Gasteiger partial charge in [0.1, 0.15) is 0 Å². The van der Waals surface area contributed by atoms with Gasteiger partial charge in [0, 0.05) is 18.2 Å². The summed E-state index contributed by atoms with van der Waals surface area (Å²) in [5, 5.41) is 7.91. The molecule has 2 aromatic heterocycles. The smallest absolute Gasteiger partial charge is 0.243 e. The second kappa shape index (κ2) is 4.34. The maximum atomic E-state index is 4.50. The predicted molar refractivity (Wildman–Crippen MR) is 78.9 cm³/mol. The zero-order chi connectivity index (χ0) is 13.5. The zero-order valence-corrected chi connectivity index (χ0v) is 11.3. The summed E-state index contributed by atoms with van der Waals surface area (Å²) in [6, 6.07) is 15.1. The number of anilines is 1. The number of aryl methyl sites for hydroxylation is 1. The normalized spacial score (nSPS) is 21.1. The molecule has 1 fully saturated rings.